The van der Waals surface area contributed by atoms with Crippen molar-refractivity contribution in [3.63, 3.8) is 0 Å². The lowest BCUT2D eigenvalue weighted by molar-refractivity contribution is 0.262. The molecule has 0 radical (unpaired) electrons. The van der Waals surface area contributed by atoms with Crippen LogP contribution in [0.2, 0.25) is 0 Å². The second-order valence-electron chi connectivity index (χ2n) is 4.49. The summed E-state index contributed by atoms with van der Waals surface area (Å²) < 4.78 is 1.87. The van der Waals surface area contributed by atoms with Crippen LogP contribution in [0.15, 0.2) is 30.6 Å². The number of nitrogens with zero attached hydrogens (tertiary/aromatic N) is 3. The molecule has 0 fully saturated rings. The van der Waals surface area contributed by atoms with Crippen LogP contribution in [-0.4, -0.2) is 26.5 Å². The predicted molar refractivity (Wildman–Crippen MR) is 70.4 cm³/mol. The number of hydrogen-bond donors (Lipinski definition) is 1. The van der Waals surface area contributed by atoms with Gasteiger partial charge in [-0.05, 0) is 19.4 Å². The highest BCUT2D eigenvalue weighted by atomic mass is 16.3. The molecule has 0 aliphatic rings. The zero-order valence-electron chi connectivity index (χ0n) is 10.9. The van der Waals surface area contributed by atoms with Gasteiger partial charge in [0, 0.05) is 18.9 Å². The van der Waals surface area contributed by atoms with E-state index in [1.165, 1.54) is 5.56 Å². The van der Waals surface area contributed by atoms with Gasteiger partial charge in [0.15, 0.2) is 0 Å². The van der Waals surface area contributed by atoms with E-state index in [0.29, 0.717) is 6.42 Å². The van der Waals surface area contributed by atoms with E-state index in [9.17, 15) is 5.11 Å². The number of aromatic nitrogens is 3. The van der Waals surface area contributed by atoms with E-state index < -0.39 is 0 Å². The molecule has 18 heavy (non-hydrogen) atoms. The Morgan fingerprint density at radius 2 is 2.22 bits per heavy atom. The van der Waals surface area contributed by atoms with E-state index in [1.807, 2.05) is 17.7 Å². The fourth-order valence-electron chi connectivity index (χ4n) is 2.14. The highest BCUT2D eigenvalue weighted by Crippen LogP contribution is 2.20. The molecule has 0 saturated carbocycles. The molecule has 1 unspecified atom stereocenters. The summed E-state index contributed by atoms with van der Waals surface area (Å²) in [4.78, 5) is 4.26. The Morgan fingerprint density at radius 1 is 1.39 bits per heavy atom. The third kappa shape index (κ3) is 2.76. The lowest BCUT2D eigenvalue weighted by Crippen LogP contribution is -2.13. The Kier molecular flexibility index (Phi) is 4.10. The number of rotatable bonds is 5. The smallest absolute Gasteiger partial charge is 0.138 e. The maximum Gasteiger partial charge on any atom is 0.138 e. The maximum atomic E-state index is 9.58. The molecule has 1 aromatic heterocycles. The van der Waals surface area contributed by atoms with Gasteiger partial charge < -0.3 is 5.11 Å². The van der Waals surface area contributed by atoms with Crippen molar-refractivity contribution in [3.8, 4) is 0 Å². The van der Waals surface area contributed by atoms with Gasteiger partial charge in [-0.2, -0.15) is 5.10 Å². The van der Waals surface area contributed by atoms with Crippen LogP contribution in [-0.2, 0) is 13.0 Å². The summed E-state index contributed by atoms with van der Waals surface area (Å²) in [5, 5.41) is 13.7. The molecule has 4 nitrogen and oxygen atoms in total. The first-order valence-electron chi connectivity index (χ1n) is 6.28. The van der Waals surface area contributed by atoms with Gasteiger partial charge >= 0.3 is 0 Å². The SMILES string of the molecule is CCn1ncnc1CC(CO)c1cccc(C)c1. The summed E-state index contributed by atoms with van der Waals surface area (Å²) in [5.74, 6) is 1.01. The highest BCUT2D eigenvalue weighted by Gasteiger charge is 2.14. The van der Waals surface area contributed by atoms with Gasteiger partial charge in [0.2, 0.25) is 0 Å². The van der Waals surface area contributed by atoms with E-state index in [2.05, 4.69) is 35.2 Å². The molecule has 96 valence electrons. The van der Waals surface area contributed by atoms with E-state index in [1.54, 1.807) is 6.33 Å². The number of aliphatic hydroxyl groups excluding tert-OH is 1. The van der Waals surface area contributed by atoms with E-state index >= 15 is 0 Å². The molecule has 0 saturated heterocycles. The molecular formula is C14H19N3O. The normalized spacial score (nSPS) is 12.6. The quantitative estimate of drug-likeness (QED) is 0.875. The van der Waals surface area contributed by atoms with E-state index in [-0.39, 0.29) is 12.5 Å². The Hall–Kier alpha value is -1.68. The number of aryl methyl sites for hydroxylation is 2. The van der Waals surface area contributed by atoms with Gasteiger partial charge in [-0.15, -0.1) is 0 Å². The van der Waals surface area contributed by atoms with Gasteiger partial charge in [0.1, 0.15) is 12.2 Å². The molecule has 4 heteroatoms. The molecule has 0 bridgehead atoms. The van der Waals surface area contributed by atoms with Crippen LogP contribution < -0.4 is 0 Å². The average Bonchev–Trinajstić information content (AvgIpc) is 2.83. The van der Waals surface area contributed by atoms with Crippen molar-refractivity contribution in [1.82, 2.24) is 14.8 Å². The third-order valence-corrected chi connectivity index (χ3v) is 3.16. The van der Waals surface area contributed by atoms with Crippen molar-refractivity contribution < 1.29 is 5.11 Å². The number of hydrogen-bond acceptors (Lipinski definition) is 3. The van der Waals surface area contributed by atoms with Crippen LogP contribution in [0.1, 0.15) is 29.8 Å². The van der Waals surface area contributed by atoms with Crippen LogP contribution >= 0.6 is 0 Å². The van der Waals surface area contributed by atoms with Crippen LogP contribution in [0.5, 0.6) is 0 Å². The third-order valence-electron chi connectivity index (χ3n) is 3.16. The fourth-order valence-corrected chi connectivity index (χ4v) is 2.14. The summed E-state index contributed by atoms with van der Waals surface area (Å²) >= 11 is 0. The van der Waals surface area contributed by atoms with Gasteiger partial charge in [-0.3, -0.25) is 4.68 Å². The second-order valence-corrected chi connectivity index (χ2v) is 4.49. The first-order chi connectivity index (χ1) is 8.74. The zero-order chi connectivity index (χ0) is 13.0. The molecule has 2 rings (SSSR count). The minimum absolute atomic E-state index is 0.0828. The Bertz CT molecular complexity index is 507. The van der Waals surface area contributed by atoms with Crippen molar-refractivity contribution >= 4 is 0 Å². The minimum atomic E-state index is 0.0828. The molecule has 0 spiro atoms. The van der Waals surface area contributed by atoms with Gasteiger partial charge in [0.05, 0.1) is 6.61 Å². The molecule has 1 atom stereocenters. The molecule has 1 N–H and O–H groups in total. The average molecular weight is 245 g/mol. The van der Waals surface area contributed by atoms with Crippen molar-refractivity contribution in [1.29, 1.82) is 0 Å². The monoisotopic (exact) mass is 245 g/mol. The Balaban J connectivity index is 2.20. The second kappa shape index (κ2) is 5.78. The van der Waals surface area contributed by atoms with Crippen molar-refractivity contribution in [2.45, 2.75) is 32.7 Å². The van der Waals surface area contributed by atoms with Gasteiger partial charge in [-0.25, -0.2) is 4.98 Å². The largest absolute Gasteiger partial charge is 0.396 e. The molecule has 0 aliphatic carbocycles. The standard InChI is InChI=1S/C14H19N3O/c1-3-17-14(15-10-16-17)8-13(9-18)12-6-4-5-11(2)7-12/h4-7,10,13,18H,3,8-9H2,1-2H3. The van der Waals surface area contributed by atoms with Gasteiger partial charge in [0.25, 0.3) is 0 Å². The van der Waals surface area contributed by atoms with E-state index in [4.69, 9.17) is 0 Å². The lowest BCUT2D eigenvalue weighted by Gasteiger charge is -2.15. The van der Waals surface area contributed by atoms with Crippen LogP contribution in [0.25, 0.3) is 0 Å². The zero-order valence-corrected chi connectivity index (χ0v) is 10.9. The molecule has 2 aromatic rings. The molecule has 1 heterocycles. The predicted octanol–water partition coefficient (Wildman–Crippen LogP) is 1.93. The molecular weight excluding hydrogens is 226 g/mol. The van der Waals surface area contributed by atoms with Crippen molar-refractivity contribution in [3.05, 3.63) is 47.5 Å². The minimum Gasteiger partial charge on any atom is -0.396 e. The van der Waals surface area contributed by atoms with Crippen molar-refractivity contribution in [2.24, 2.45) is 0 Å². The maximum absolute atomic E-state index is 9.58. The highest BCUT2D eigenvalue weighted by molar-refractivity contribution is 5.26. The topological polar surface area (TPSA) is 50.9 Å². The van der Waals surface area contributed by atoms with Crippen LogP contribution in [0.4, 0.5) is 0 Å². The van der Waals surface area contributed by atoms with Gasteiger partial charge in [-0.1, -0.05) is 29.8 Å². The Labute approximate surface area is 107 Å². The number of benzene rings is 1. The summed E-state index contributed by atoms with van der Waals surface area (Å²) in [6.07, 6.45) is 2.29. The van der Waals surface area contributed by atoms with Crippen molar-refractivity contribution in [2.75, 3.05) is 6.61 Å². The number of aliphatic hydroxyl groups is 1. The Morgan fingerprint density at radius 3 is 2.89 bits per heavy atom. The first-order valence-corrected chi connectivity index (χ1v) is 6.28. The summed E-state index contributed by atoms with van der Waals surface area (Å²) in [6, 6.07) is 8.26. The summed E-state index contributed by atoms with van der Waals surface area (Å²) in [7, 11) is 0. The van der Waals surface area contributed by atoms with Crippen LogP contribution in [0.3, 0.4) is 0 Å². The van der Waals surface area contributed by atoms with Crippen LogP contribution in [0, 0.1) is 6.92 Å². The lowest BCUT2D eigenvalue weighted by atomic mass is 9.95. The first kappa shape index (κ1) is 12.8. The summed E-state index contributed by atoms with van der Waals surface area (Å²) in [6.45, 7) is 5.03. The fraction of sp³-hybridized carbons (Fsp3) is 0.429. The molecule has 0 amide bonds. The molecule has 0 aliphatic heterocycles. The molecule has 1 aromatic carbocycles. The van der Waals surface area contributed by atoms with E-state index in [0.717, 1.165) is 17.9 Å². The summed E-state index contributed by atoms with van der Waals surface area (Å²) in [5.41, 5.74) is 2.37.